The van der Waals surface area contributed by atoms with E-state index >= 15 is 0 Å². The van der Waals surface area contributed by atoms with Gasteiger partial charge < -0.3 is 24.4 Å². The molecule has 2 N–H and O–H groups in total. The monoisotopic (exact) mass is 468 g/mol. The number of rotatable bonds is 11. The number of carboxylic acid groups (broad SMARTS) is 2. The van der Waals surface area contributed by atoms with E-state index in [1.54, 1.807) is 14.0 Å². The quantitative estimate of drug-likeness (QED) is 0.367. The van der Waals surface area contributed by atoms with Crippen LogP contribution in [0.1, 0.15) is 68.3 Å². The van der Waals surface area contributed by atoms with Crippen molar-refractivity contribution >= 4 is 17.9 Å². The van der Waals surface area contributed by atoms with E-state index in [0.29, 0.717) is 29.7 Å². The zero-order valence-corrected chi connectivity index (χ0v) is 19.5. The Hall–Kier alpha value is -3.65. The Bertz CT molecular complexity index is 1130. The zero-order chi connectivity index (χ0) is 24.8. The number of hydrogen-bond donors (Lipinski definition) is 2. The predicted octanol–water partition coefficient (Wildman–Crippen LogP) is 4.44. The molecule has 0 saturated carbocycles. The van der Waals surface area contributed by atoms with Crippen molar-refractivity contribution in [2.24, 2.45) is 0 Å². The molecular formula is C26H28O8. The number of fused-ring (bicyclic) bond motifs is 1. The smallest absolute Gasteiger partial charge is 0.339 e. The molecule has 2 aromatic rings. The zero-order valence-electron chi connectivity index (χ0n) is 19.5. The Kier molecular flexibility index (Phi) is 8.07. The second-order valence-electron chi connectivity index (χ2n) is 8.18. The first-order valence-corrected chi connectivity index (χ1v) is 10.9. The lowest BCUT2D eigenvalue weighted by molar-refractivity contribution is -0.136. The summed E-state index contributed by atoms with van der Waals surface area (Å²) >= 11 is 0. The molecule has 0 atom stereocenters. The van der Waals surface area contributed by atoms with Gasteiger partial charge in [-0.1, -0.05) is 23.8 Å². The third kappa shape index (κ3) is 5.63. The van der Waals surface area contributed by atoms with Crippen molar-refractivity contribution in [2.75, 3.05) is 7.11 Å². The molecule has 0 bridgehead atoms. The minimum Gasteiger partial charge on any atom is -0.497 e. The lowest BCUT2D eigenvalue weighted by Gasteiger charge is -2.19. The van der Waals surface area contributed by atoms with Crippen LogP contribution in [0.4, 0.5) is 0 Å². The third-order valence-corrected chi connectivity index (χ3v) is 5.95. The number of ether oxygens (including phenoxy) is 3. The van der Waals surface area contributed by atoms with E-state index in [2.05, 4.69) is 0 Å². The van der Waals surface area contributed by atoms with Crippen molar-refractivity contribution in [3.8, 4) is 5.75 Å². The maximum atomic E-state index is 12.4. The van der Waals surface area contributed by atoms with Crippen LogP contribution < -0.4 is 4.74 Å². The molecule has 0 unspecified atom stereocenters. The number of carbonyl (C=O) groups excluding carboxylic acids is 1. The van der Waals surface area contributed by atoms with E-state index in [1.165, 1.54) is 0 Å². The van der Waals surface area contributed by atoms with E-state index in [-0.39, 0.29) is 37.2 Å². The van der Waals surface area contributed by atoms with Crippen LogP contribution in [0.15, 0.2) is 35.9 Å². The SMILES string of the molecule is COc1ccc(COCc2c(C)c3c(c(C(=O)O)c2C/C=C(\C)CCC(=O)O)C(=O)OC3)cc1. The van der Waals surface area contributed by atoms with Gasteiger partial charge in [0.15, 0.2) is 0 Å². The van der Waals surface area contributed by atoms with Crippen LogP contribution in [0, 0.1) is 6.92 Å². The highest BCUT2D eigenvalue weighted by molar-refractivity contribution is 6.06. The number of carbonyl (C=O) groups is 3. The highest BCUT2D eigenvalue weighted by atomic mass is 16.5. The van der Waals surface area contributed by atoms with Crippen LogP contribution in [0.3, 0.4) is 0 Å². The Balaban J connectivity index is 1.94. The molecule has 8 nitrogen and oxygen atoms in total. The lowest BCUT2D eigenvalue weighted by Crippen LogP contribution is -2.15. The molecule has 3 rings (SSSR count). The first-order valence-electron chi connectivity index (χ1n) is 10.9. The summed E-state index contributed by atoms with van der Waals surface area (Å²) in [7, 11) is 1.59. The highest BCUT2D eigenvalue weighted by Crippen LogP contribution is 2.34. The number of benzene rings is 2. The van der Waals surface area contributed by atoms with Gasteiger partial charge in [0, 0.05) is 12.0 Å². The largest absolute Gasteiger partial charge is 0.497 e. The van der Waals surface area contributed by atoms with Gasteiger partial charge in [0.25, 0.3) is 0 Å². The van der Waals surface area contributed by atoms with Crippen molar-refractivity contribution in [1.82, 2.24) is 0 Å². The molecule has 0 fully saturated rings. The molecule has 8 heteroatoms. The van der Waals surface area contributed by atoms with E-state index in [4.69, 9.17) is 19.3 Å². The molecule has 0 spiro atoms. The second-order valence-corrected chi connectivity index (χ2v) is 8.18. The van der Waals surface area contributed by atoms with Gasteiger partial charge in [-0.3, -0.25) is 4.79 Å². The lowest BCUT2D eigenvalue weighted by atomic mass is 9.86. The van der Waals surface area contributed by atoms with Crippen LogP contribution in [-0.2, 0) is 40.5 Å². The molecule has 2 aromatic carbocycles. The van der Waals surface area contributed by atoms with E-state index in [9.17, 15) is 19.5 Å². The highest BCUT2D eigenvalue weighted by Gasteiger charge is 2.34. The topological polar surface area (TPSA) is 119 Å². The fourth-order valence-electron chi connectivity index (χ4n) is 4.00. The van der Waals surface area contributed by atoms with E-state index in [0.717, 1.165) is 22.4 Å². The molecule has 0 saturated heterocycles. The number of methoxy groups -OCH3 is 1. The van der Waals surface area contributed by atoms with Crippen molar-refractivity contribution < 1.29 is 38.8 Å². The summed E-state index contributed by atoms with van der Waals surface area (Å²) in [6.45, 7) is 4.13. The maximum absolute atomic E-state index is 12.4. The van der Waals surface area contributed by atoms with Gasteiger partial charge in [-0.05, 0) is 61.1 Å². The molecule has 0 amide bonds. The first-order chi connectivity index (χ1) is 16.2. The van der Waals surface area contributed by atoms with Crippen LogP contribution in [0.25, 0.3) is 0 Å². The fraction of sp³-hybridized carbons (Fsp3) is 0.346. The molecule has 180 valence electrons. The van der Waals surface area contributed by atoms with Gasteiger partial charge in [0.05, 0.1) is 31.5 Å². The number of cyclic esters (lactones) is 1. The predicted molar refractivity (Wildman–Crippen MR) is 123 cm³/mol. The van der Waals surface area contributed by atoms with Crippen LogP contribution in [0.2, 0.25) is 0 Å². The fourth-order valence-corrected chi connectivity index (χ4v) is 4.00. The maximum Gasteiger partial charge on any atom is 0.339 e. The summed E-state index contributed by atoms with van der Waals surface area (Å²) in [6, 6.07) is 7.44. The molecule has 0 aliphatic carbocycles. The minimum absolute atomic E-state index is 0.0124. The molecule has 0 radical (unpaired) electrons. The summed E-state index contributed by atoms with van der Waals surface area (Å²) < 4.78 is 16.3. The van der Waals surface area contributed by atoms with E-state index < -0.39 is 17.9 Å². The molecule has 1 heterocycles. The summed E-state index contributed by atoms with van der Waals surface area (Å²) in [6.07, 6.45) is 2.38. The molecule has 1 aliphatic rings. The normalized spacial score (nSPS) is 12.9. The first kappa shape index (κ1) is 25.0. The minimum atomic E-state index is -1.21. The third-order valence-electron chi connectivity index (χ3n) is 5.95. The summed E-state index contributed by atoms with van der Waals surface area (Å²) in [5.74, 6) is -2.02. The van der Waals surface area contributed by atoms with Gasteiger partial charge in [-0.2, -0.15) is 0 Å². The summed E-state index contributed by atoms with van der Waals surface area (Å²) in [5.41, 5.74) is 4.29. The number of carboxylic acids is 2. The van der Waals surface area contributed by atoms with Crippen molar-refractivity contribution in [2.45, 2.75) is 52.9 Å². The van der Waals surface area contributed by atoms with Crippen LogP contribution in [-0.4, -0.2) is 35.2 Å². The number of esters is 1. The molecule has 0 aromatic heterocycles. The Morgan fingerprint density at radius 3 is 2.41 bits per heavy atom. The van der Waals surface area contributed by atoms with Crippen LogP contribution in [0.5, 0.6) is 5.75 Å². The number of hydrogen-bond acceptors (Lipinski definition) is 6. The van der Waals surface area contributed by atoms with Crippen molar-refractivity contribution in [1.29, 1.82) is 0 Å². The Morgan fingerprint density at radius 1 is 1.09 bits per heavy atom. The molecule has 34 heavy (non-hydrogen) atoms. The molecular weight excluding hydrogens is 440 g/mol. The van der Waals surface area contributed by atoms with Crippen molar-refractivity contribution in [3.63, 3.8) is 0 Å². The van der Waals surface area contributed by atoms with Gasteiger partial charge in [-0.15, -0.1) is 0 Å². The summed E-state index contributed by atoms with van der Waals surface area (Å²) in [4.78, 5) is 35.5. The van der Waals surface area contributed by atoms with Gasteiger partial charge >= 0.3 is 17.9 Å². The Labute approximate surface area is 197 Å². The van der Waals surface area contributed by atoms with Crippen molar-refractivity contribution in [3.05, 3.63) is 74.9 Å². The van der Waals surface area contributed by atoms with Gasteiger partial charge in [0.2, 0.25) is 0 Å². The average Bonchev–Trinajstić information content (AvgIpc) is 3.19. The number of aromatic carboxylic acids is 1. The number of aliphatic carboxylic acids is 1. The molecule has 1 aliphatic heterocycles. The van der Waals surface area contributed by atoms with Crippen LogP contribution >= 0.6 is 0 Å². The Morgan fingerprint density at radius 2 is 1.79 bits per heavy atom. The average molecular weight is 469 g/mol. The van der Waals surface area contributed by atoms with E-state index in [1.807, 2.05) is 37.3 Å². The number of allylic oxidation sites excluding steroid dienone is 2. The second kappa shape index (κ2) is 11.0. The summed E-state index contributed by atoms with van der Waals surface area (Å²) in [5, 5.41) is 18.9. The van der Waals surface area contributed by atoms with Gasteiger partial charge in [0.1, 0.15) is 12.4 Å². The van der Waals surface area contributed by atoms with Gasteiger partial charge in [-0.25, -0.2) is 9.59 Å². The standard InChI is InChI=1S/C26H28O8/c1-15(5-11-22(27)28)4-10-19-20(13-33-12-17-6-8-18(32-3)9-7-17)16(2)21-14-34-26(31)24(21)23(19)25(29)30/h4,6-9H,5,10-14H2,1-3H3,(H,27,28)(H,29,30)/b15-4+.